The van der Waals surface area contributed by atoms with Gasteiger partial charge in [0.2, 0.25) is 17.7 Å². The standard InChI is InChI=1S/C23H34N4O9/c1-11(2)18(26-20(32)15(24)10-13-4-6-14(29)7-5-13)22(34)25-16(8-9-17(30)31)21(33)27-19(12(3)28)23(35)36/h4-7,11-12,15-16,18-19,28-29H,8-10,24H2,1-3H3,(H,25,34)(H,26,32)(H,27,33)(H,30,31)(H,35,36). The number of nitrogens with one attached hydrogen (secondary N) is 3. The second-order valence-electron chi connectivity index (χ2n) is 8.77. The Balaban J connectivity index is 2.95. The molecule has 0 heterocycles. The smallest absolute Gasteiger partial charge is 0.328 e. The maximum absolute atomic E-state index is 13.0. The molecule has 9 N–H and O–H groups in total. The zero-order valence-electron chi connectivity index (χ0n) is 20.3. The number of phenolic OH excluding ortho intramolecular Hbond substituents is 1. The maximum Gasteiger partial charge on any atom is 0.328 e. The third-order valence-corrected chi connectivity index (χ3v) is 5.30. The first-order valence-corrected chi connectivity index (χ1v) is 11.3. The van der Waals surface area contributed by atoms with Crippen molar-refractivity contribution in [2.75, 3.05) is 0 Å². The summed E-state index contributed by atoms with van der Waals surface area (Å²) in [6.45, 7) is 4.42. The van der Waals surface area contributed by atoms with Gasteiger partial charge < -0.3 is 42.1 Å². The minimum Gasteiger partial charge on any atom is -0.508 e. The molecule has 5 atom stereocenters. The molecule has 3 amide bonds. The highest BCUT2D eigenvalue weighted by Gasteiger charge is 2.33. The Morgan fingerprint density at radius 1 is 0.861 bits per heavy atom. The summed E-state index contributed by atoms with van der Waals surface area (Å²) in [5, 5.41) is 44.1. The van der Waals surface area contributed by atoms with Gasteiger partial charge >= 0.3 is 11.9 Å². The predicted molar refractivity (Wildman–Crippen MR) is 127 cm³/mol. The molecule has 1 aromatic rings. The van der Waals surface area contributed by atoms with Crippen LogP contribution < -0.4 is 21.7 Å². The predicted octanol–water partition coefficient (Wildman–Crippen LogP) is -1.30. The highest BCUT2D eigenvalue weighted by molar-refractivity contribution is 5.94. The van der Waals surface area contributed by atoms with Gasteiger partial charge in [0.1, 0.15) is 17.8 Å². The Hall–Kier alpha value is -3.71. The topological polar surface area (TPSA) is 228 Å². The van der Waals surface area contributed by atoms with Crippen molar-refractivity contribution in [3.05, 3.63) is 29.8 Å². The molecule has 0 aliphatic carbocycles. The van der Waals surface area contributed by atoms with Crippen LogP contribution in [0.3, 0.4) is 0 Å². The summed E-state index contributed by atoms with van der Waals surface area (Å²) < 4.78 is 0. The van der Waals surface area contributed by atoms with E-state index >= 15 is 0 Å². The van der Waals surface area contributed by atoms with E-state index in [0.29, 0.717) is 5.56 Å². The molecule has 0 radical (unpaired) electrons. The Morgan fingerprint density at radius 3 is 1.89 bits per heavy atom. The number of carboxylic acids is 2. The first-order valence-electron chi connectivity index (χ1n) is 11.3. The molecule has 0 bridgehead atoms. The largest absolute Gasteiger partial charge is 0.508 e. The van der Waals surface area contributed by atoms with Crippen LogP contribution in [0.1, 0.15) is 39.2 Å². The van der Waals surface area contributed by atoms with Crippen LogP contribution in [0.4, 0.5) is 0 Å². The Bertz CT molecular complexity index is 934. The number of benzene rings is 1. The molecule has 0 fully saturated rings. The molecule has 13 heteroatoms. The number of aliphatic hydroxyl groups excluding tert-OH is 1. The van der Waals surface area contributed by atoms with Gasteiger partial charge in [-0.2, -0.15) is 0 Å². The van der Waals surface area contributed by atoms with E-state index in [1.807, 2.05) is 0 Å². The number of aliphatic hydroxyl groups is 1. The van der Waals surface area contributed by atoms with E-state index in [1.54, 1.807) is 26.0 Å². The van der Waals surface area contributed by atoms with E-state index in [9.17, 15) is 39.3 Å². The van der Waals surface area contributed by atoms with Crippen molar-refractivity contribution >= 4 is 29.7 Å². The zero-order chi connectivity index (χ0) is 27.6. The number of nitrogens with two attached hydrogens (primary N) is 1. The van der Waals surface area contributed by atoms with Gasteiger partial charge in [-0.25, -0.2) is 4.79 Å². The van der Waals surface area contributed by atoms with Crippen molar-refractivity contribution in [2.24, 2.45) is 11.7 Å². The van der Waals surface area contributed by atoms with Crippen LogP contribution in [0.5, 0.6) is 5.75 Å². The van der Waals surface area contributed by atoms with Crippen molar-refractivity contribution < 1.29 is 44.4 Å². The number of hydrogen-bond acceptors (Lipinski definition) is 8. The van der Waals surface area contributed by atoms with E-state index in [2.05, 4.69) is 16.0 Å². The zero-order valence-corrected chi connectivity index (χ0v) is 20.3. The number of hydrogen-bond donors (Lipinski definition) is 8. The number of amides is 3. The van der Waals surface area contributed by atoms with Gasteiger partial charge in [0.15, 0.2) is 6.04 Å². The van der Waals surface area contributed by atoms with Crippen LogP contribution in [0.15, 0.2) is 24.3 Å². The maximum atomic E-state index is 13.0. The number of aliphatic carboxylic acids is 2. The normalized spacial score (nSPS) is 15.2. The molecule has 0 saturated heterocycles. The lowest BCUT2D eigenvalue weighted by Crippen LogP contribution is -2.59. The van der Waals surface area contributed by atoms with Crippen LogP contribution >= 0.6 is 0 Å². The van der Waals surface area contributed by atoms with Gasteiger partial charge in [-0.3, -0.25) is 19.2 Å². The molecule has 0 aromatic heterocycles. The fourth-order valence-corrected chi connectivity index (χ4v) is 3.21. The molecule has 36 heavy (non-hydrogen) atoms. The number of carbonyl (C=O) groups is 5. The molecule has 1 aromatic carbocycles. The Kier molecular flexibility index (Phi) is 11.8. The quantitative estimate of drug-likeness (QED) is 0.147. The molecule has 0 aliphatic heterocycles. The lowest BCUT2D eigenvalue weighted by atomic mass is 10.00. The summed E-state index contributed by atoms with van der Waals surface area (Å²) in [6, 6.07) is 0.778. The third kappa shape index (κ3) is 9.88. The van der Waals surface area contributed by atoms with Crippen molar-refractivity contribution in [1.29, 1.82) is 0 Å². The van der Waals surface area contributed by atoms with E-state index in [1.165, 1.54) is 12.1 Å². The van der Waals surface area contributed by atoms with Crippen molar-refractivity contribution in [3.63, 3.8) is 0 Å². The fraction of sp³-hybridized carbons (Fsp3) is 0.522. The minimum absolute atomic E-state index is 0.0536. The van der Waals surface area contributed by atoms with Crippen LogP contribution in [-0.4, -0.2) is 80.4 Å². The first-order chi connectivity index (χ1) is 16.7. The number of carbonyl (C=O) groups excluding carboxylic acids is 3. The van der Waals surface area contributed by atoms with Gasteiger partial charge in [0, 0.05) is 6.42 Å². The Morgan fingerprint density at radius 2 is 1.42 bits per heavy atom. The van der Waals surface area contributed by atoms with E-state index < -0.39 is 72.3 Å². The molecule has 13 nitrogen and oxygen atoms in total. The summed E-state index contributed by atoms with van der Waals surface area (Å²) >= 11 is 0. The summed E-state index contributed by atoms with van der Waals surface area (Å²) in [6.07, 6.45) is -2.21. The third-order valence-electron chi connectivity index (χ3n) is 5.30. The van der Waals surface area contributed by atoms with Gasteiger partial charge in [0.05, 0.1) is 12.1 Å². The van der Waals surface area contributed by atoms with Gasteiger partial charge in [0.25, 0.3) is 0 Å². The van der Waals surface area contributed by atoms with Crippen molar-refractivity contribution in [1.82, 2.24) is 16.0 Å². The lowest BCUT2D eigenvalue weighted by molar-refractivity contribution is -0.145. The summed E-state index contributed by atoms with van der Waals surface area (Å²) in [4.78, 5) is 60.6. The fourth-order valence-electron chi connectivity index (χ4n) is 3.21. The summed E-state index contributed by atoms with van der Waals surface area (Å²) in [7, 11) is 0. The van der Waals surface area contributed by atoms with Crippen LogP contribution in [0.2, 0.25) is 0 Å². The molecule has 1 rings (SSSR count). The van der Waals surface area contributed by atoms with Gasteiger partial charge in [-0.05, 0) is 43.4 Å². The molecular formula is C23H34N4O9. The van der Waals surface area contributed by atoms with E-state index in [-0.39, 0.29) is 18.6 Å². The highest BCUT2D eigenvalue weighted by atomic mass is 16.4. The SMILES string of the molecule is CC(C)C(NC(=O)C(N)Cc1ccc(O)cc1)C(=O)NC(CCC(=O)O)C(=O)NC(C(=O)O)C(C)O. The number of carboxylic acid groups (broad SMARTS) is 2. The van der Waals surface area contributed by atoms with E-state index in [4.69, 9.17) is 10.8 Å². The van der Waals surface area contributed by atoms with Crippen molar-refractivity contribution in [3.8, 4) is 5.75 Å². The summed E-state index contributed by atoms with van der Waals surface area (Å²) in [5.74, 6) is -5.62. The van der Waals surface area contributed by atoms with Crippen LogP contribution in [0.25, 0.3) is 0 Å². The number of aromatic hydroxyl groups is 1. The molecule has 5 unspecified atom stereocenters. The summed E-state index contributed by atoms with van der Waals surface area (Å²) in [5.41, 5.74) is 6.64. The molecular weight excluding hydrogens is 476 g/mol. The van der Waals surface area contributed by atoms with E-state index in [0.717, 1.165) is 6.92 Å². The molecule has 200 valence electrons. The number of rotatable bonds is 14. The molecule has 0 spiro atoms. The second kappa shape index (κ2) is 14.0. The highest BCUT2D eigenvalue weighted by Crippen LogP contribution is 2.12. The molecule has 0 saturated carbocycles. The van der Waals surface area contributed by atoms with Gasteiger partial charge in [-0.1, -0.05) is 26.0 Å². The average Bonchev–Trinajstić information content (AvgIpc) is 2.78. The lowest BCUT2D eigenvalue weighted by Gasteiger charge is -2.27. The second-order valence-corrected chi connectivity index (χ2v) is 8.77. The van der Waals surface area contributed by atoms with Crippen molar-refractivity contribution in [2.45, 2.75) is 70.3 Å². The number of phenols is 1. The van der Waals surface area contributed by atoms with Crippen LogP contribution in [0, 0.1) is 5.92 Å². The average molecular weight is 511 g/mol. The van der Waals surface area contributed by atoms with Gasteiger partial charge in [-0.15, -0.1) is 0 Å². The minimum atomic E-state index is -1.68. The Labute approximate surface area is 208 Å². The van der Waals surface area contributed by atoms with Crippen LogP contribution in [-0.2, 0) is 30.4 Å². The molecule has 0 aliphatic rings. The first kappa shape index (κ1) is 30.3. The monoisotopic (exact) mass is 510 g/mol.